The summed E-state index contributed by atoms with van der Waals surface area (Å²) in [5.74, 6) is 0. The molecule has 2 saturated heterocycles. The van der Waals surface area contributed by atoms with Crippen molar-refractivity contribution in [3.63, 3.8) is 0 Å². The summed E-state index contributed by atoms with van der Waals surface area (Å²) in [5, 5.41) is 12.7. The number of nitrogens with one attached hydrogen (secondary N) is 1. The highest BCUT2D eigenvalue weighted by atomic mass is 15.2. The molecule has 2 heterocycles. The van der Waals surface area contributed by atoms with E-state index in [-0.39, 0.29) is 0 Å². The van der Waals surface area contributed by atoms with E-state index in [0.29, 0.717) is 12.1 Å². The number of aryl methyl sites for hydroxylation is 1. The standard InChI is InChI=1S/C16H21N3/c1-12-5-6-13(11-17)10-15(12)18-14-7-9-19-8-3-2-4-16(14)19/h5-6,10,14,16,18H,2-4,7-9H2,1H3. The van der Waals surface area contributed by atoms with Crippen LogP contribution >= 0.6 is 0 Å². The van der Waals surface area contributed by atoms with Gasteiger partial charge in [-0.3, -0.25) is 4.90 Å². The van der Waals surface area contributed by atoms with Gasteiger partial charge in [0.05, 0.1) is 11.6 Å². The van der Waals surface area contributed by atoms with Crippen molar-refractivity contribution >= 4 is 5.69 Å². The first-order valence-electron chi connectivity index (χ1n) is 7.29. The number of anilines is 1. The maximum absolute atomic E-state index is 9.02. The van der Waals surface area contributed by atoms with Crippen LogP contribution in [0.3, 0.4) is 0 Å². The quantitative estimate of drug-likeness (QED) is 0.883. The van der Waals surface area contributed by atoms with Crippen LogP contribution in [0.2, 0.25) is 0 Å². The minimum Gasteiger partial charge on any atom is -0.380 e. The first kappa shape index (κ1) is 12.5. The smallest absolute Gasteiger partial charge is 0.0992 e. The lowest BCUT2D eigenvalue weighted by Gasteiger charge is -2.33. The molecule has 2 aliphatic rings. The number of hydrogen-bond donors (Lipinski definition) is 1. The molecule has 3 heteroatoms. The molecule has 1 aromatic rings. The number of piperidine rings is 1. The van der Waals surface area contributed by atoms with E-state index in [9.17, 15) is 0 Å². The van der Waals surface area contributed by atoms with Gasteiger partial charge in [0.2, 0.25) is 0 Å². The summed E-state index contributed by atoms with van der Waals surface area (Å²) in [6.07, 6.45) is 5.25. The number of fused-ring (bicyclic) bond motifs is 1. The Bertz CT molecular complexity index is 503. The third-order valence-corrected chi connectivity index (χ3v) is 4.56. The molecule has 0 bridgehead atoms. The molecule has 0 aromatic heterocycles. The molecule has 3 rings (SSSR count). The largest absolute Gasteiger partial charge is 0.380 e. The van der Waals surface area contributed by atoms with Crippen LogP contribution in [0.4, 0.5) is 5.69 Å². The molecule has 2 aliphatic heterocycles. The van der Waals surface area contributed by atoms with Gasteiger partial charge in [-0.15, -0.1) is 0 Å². The maximum Gasteiger partial charge on any atom is 0.0992 e. The van der Waals surface area contributed by atoms with Crippen molar-refractivity contribution in [3.05, 3.63) is 29.3 Å². The minimum absolute atomic E-state index is 0.549. The number of hydrogen-bond acceptors (Lipinski definition) is 3. The highest BCUT2D eigenvalue weighted by Crippen LogP contribution is 2.30. The zero-order valence-corrected chi connectivity index (χ0v) is 11.5. The summed E-state index contributed by atoms with van der Waals surface area (Å²) in [4.78, 5) is 2.63. The zero-order valence-electron chi connectivity index (χ0n) is 11.5. The molecule has 1 aromatic carbocycles. The third-order valence-electron chi connectivity index (χ3n) is 4.56. The van der Waals surface area contributed by atoms with Crippen LogP contribution in [0.15, 0.2) is 18.2 Å². The van der Waals surface area contributed by atoms with E-state index in [1.54, 1.807) is 0 Å². The first-order valence-corrected chi connectivity index (χ1v) is 7.29. The van der Waals surface area contributed by atoms with Gasteiger partial charge >= 0.3 is 0 Å². The molecule has 100 valence electrons. The SMILES string of the molecule is Cc1ccc(C#N)cc1NC1CCN2CCCCC12. The fraction of sp³-hybridized carbons (Fsp3) is 0.562. The summed E-state index contributed by atoms with van der Waals surface area (Å²) in [6, 6.07) is 9.38. The molecule has 0 radical (unpaired) electrons. The predicted octanol–water partition coefficient (Wildman–Crippen LogP) is 2.91. The van der Waals surface area contributed by atoms with Crippen molar-refractivity contribution in [2.45, 2.75) is 44.7 Å². The lowest BCUT2D eigenvalue weighted by Crippen LogP contribution is -2.41. The summed E-state index contributed by atoms with van der Waals surface area (Å²) in [6.45, 7) is 4.59. The number of rotatable bonds is 2. The van der Waals surface area contributed by atoms with Gasteiger partial charge in [0.15, 0.2) is 0 Å². The minimum atomic E-state index is 0.549. The van der Waals surface area contributed by atoms with Crippen LogP contribution in [0.1, 0.15) is 36.8 Å². The van der Waals surface area contributed by atoms with Gasteiger partial charge in [-0.2, -0.15) is 5.26 Å². The summed E-state index contributed by atoms with van der Waals surface area (Å²) < 4.78 is 0. The number of nitriles is 1. The Kier molecular flexibility index (Phi) is 3.44. The third kappa shape index (κ3) is 2.46. The molecule has 2 fully saturated rings. The molecule has 0 aliphatic carbocycles. The maximum atomic E-state index is 9.02. The van der Waals surface area contributed by atoms with Gasteiger partial charge in [-0.05, 0) is 50.4 Å². The van der Waals surface area contributed by atoms with Crippen LogP contribution in [-0.2, 0) is 0 Å². The zero-order chi connectivity index (χ0) is 13.2. The Labute approximate surface area is 115 Å². The van der Waals surface area contributed by atoms with Crippen LogP contribution < -0.4 is 5.32 Å². The second kappa shape index (κ2) is 5.22. The normalized spacial score (nSPS) is 26.7. The van der Waals surface area contributed by atoms with E-state index in [4.69, 9.17) is 5.26 Å². The highest BCUT2D eigenvalue weighted by molar-refractivity contribution is 5.56. The molecule has 0 spiro atoms. The molecule has 19 heavy (non-hydrogen) atoms. The fourth-order valence-corrected chi connectivity index (χ4v) is 3.46. The second-order valence-electron chi connectivity index (χ2n) is 5.78. The average Bonchev–Trinajstić information content (AvgIpc) is 2.85. The fourth-order valence-electron chi connectivity index (χ4n) is 3.46. The van der Waals surface area contributed by atoms with Crippen molar-refractivity contribution in [3.8, 4) is 6.07 Å². The Morgan fingerprint density at radius 1 is 1.26 bits per heavy atom. The summed E-state index contributed by atoms with van der Waals surface area (Å²) in [7, 11) is 0. The Balaban J connectivity index is 1.76. The molecule has 1 N–H and O–H groups in total. The van der Waals surface area contributed by atoms with Gasteiger partial charge in [-0.25, -0.2) is 0 Å². The molecular weight excluding hydrogens is 234 g/mol. The lowest BCUT2D eigenvalue weighted by atomic mass is 9.98. The van der Waals surface area contributed by atoms with E-state index in [1.165, 1.54) is 44.3 Å². The van der Waals surface area contributed by atoms with Crippen LogP contribution in [0, 0.1) is 18.3 Å². The number of nitrogens with zero attached hydrogens (tertiary/aromatic N) is 2. The Morgan fingerprint density at radius 3 is 3.00 bits per heavy atom. The van der Waals surface area contributed by atoms with Crippen LogP contribution in [0.25, 0.3) is 0 Å². The van der Waals surface area contributed by atoms with Crippen LogP contribution in [-0.4, -0.2) is 30.1 Å². The topological polar surface area (TPSA) is 39.1 Å². The summed E-state index contributed by atoms with van der Waals surface area (Å²) >= 11 is 0. The second-order valence-corrected chi connectivity index (χ2v) is 5.78. The summed E-state index contributed by atoms with van der Waals surface area (Å²) in [5.41, 5.74) is 3.11. The van der Waals surface area contributed by atoms with Crippen molar-refractivity contribution < 1.29 is 0 Å². The molecule has 0 saturated carbocycles. The predicted molar refractivity (Wildman–Crippen MR) is 77.1 cm³/mol. The Hall–Kier alpha value is -1.53. The van der Waals surface area contributed by atoms with Gasteiger partial charge in [-0.1, -0.05) is 12.5 Å². The first-order chi connectivity index (χ1) is 9.28. The molecule has 2 unspecified atom stereocenters. The lowest BCUT2D eigenvalue weighted by molar-refractivity contribution is 0.193. The highest BCUT2D eigenvalue weighted by Gasteiger charge is 2.35. The molecular formula is C16H21N3. The van der Waals surface area contributed by atoms with E-state index in [2.05, 4.69) is 23.2 Å². The van der Waals surface area contributed by atoms with Crippen LogP contribution in [0.5, 0.6) is 0 Å². The number of benzene rings is 1. The van der Waals surface area contributed by atoms with E-state index in [0.717, 1.165) is 11.3 Å². The van der Waals surface area contributed by atoms with Gasteiger partial charge in [0.1, 0.15) is 0 Å². The van der Waals surface area contributed by atoms with Crippen molar-refractivity contribution in [2.24, 2.45) is 0 Å². The molecule has 2 atom stereocenters. The van der Waals surface area contributed by atoms with Gasteiger partial charge in [0, 0.05) is 24.3 Å². The van der Waals surface area contributed by atoms with E-state index < -0.39 is 0 Å². The van der Waals surface area contributed by atoms with Gasteiger partial charge < -0.3 is 5.32 Å². The Morgan fingerprint density at radius 2 is 2.16 bits per heavy atom. The average molecular weight is 255 g/mol. The van der Waals surface area contributed by atoms with Crippen molar-refractivity contribution in [1.82, 2.24) is 4.90 Å². The van der Waals surface area contributed by atoms with Crippen molar-refractivity contribution in [2.75, 3.05) is 18.4 Å². The van der Waals surface area contributed by atoms with E-state index >= 15 is 0 Å². The molecule has 3 nitrogen and oxygen atoms in total. The molecule has 0 amide bonds. The monoisotopic (exact) mass is 255 g/mol. The van der Waals surface area contributed by atoms with Gasteiger partial charge in [0.25, 0.3) is 0 Å². The van der Waals surface area contributed by atoms with Crippen molar-refractivity contribution in [1.29, 1.82) is 5.26 Å². The van der Waals surface area contributed by atoms with E-state index in [1.807, 2.05) is 18.2 Å².